The molecule has 0 fully saturated rings. The Balaban J connectivity index is 1.90. The van der Waals surface area contributed by atoms with Gasteiger partial charge in [-0.3, -0.25) is 9.29 Å². The van der Waals surface area contributed by atoms with Gasteiger partial charge in [0.25, 0.3) is 10.0 Å². The van der Waals surface area contributed by atoms with E-state index >= 15 is 0 Å². The summed E-state index contributed by atoms with van der Waals surface area (Å²) in [7, 11) is -3.01. The van der Waals surface area contributed by atoms with Crippen LogP contribution in [0.5, 0.6) is 0 Å². The monoisotopic (exact) mass is 467 g/mol. The average molecular weight is 467 g/mol. The summed E-state index contributed by atoms with van der Waals surface area (Å²) in [6, 6.07) is 20.6. The maximum atomic E-state index is 13.5. The fourth-order valence-electron chi connectivity index (χ4n) is 3.60. The number of hydrogen-bond donors (Lipinski definition) is 0. The number of alkyl halides is 3. The Bertz CT molecular complexity index is 1500. The molecule has 4 rings (SSSR count). The highest BCUT2D eigenvalue weighted by molar-refractivity contribution is 7.92. The van der Waals surface area contributed by atoms with Gasteiger partial charge in [-0.2, -0.15) is 18.4 Å². The Morgan fingerprint density at radius 3 is 2.27 bits per heavy atom. The van der Waals surface area contributed by atoms with Crippen molar-refractivity contribution in [2.45, 2.75) is 11.1 Å². The van der Waals surface area contributed by atoms with Crippen molar-refractivity contribution < 1.29 is 21.6 Å². The Hall–Kier alpha value is -3.90. The molecule has 5 nitrogen and oxygen atoms in total. The fraction of sp³-hybridized carbons (Fsp3) is 0.0833. The standard InChI is InChI=1S/C24H16F3N3O2S/c1-30(33(31,32)19-10-5-9-17(13-19)16-7-3-2-4-8-16)23-18(14-28)15-29-22-20(23)11-6-12-21(22)24(25,26)27/h2-13,15H,1H3. The van der Waals surface area contributed by atoms with Crippen molar-refractivity contribution in [3.8, 4) is 17.2 Å². The molecule has 0 N–H and O–H groups in total. The van der Waals surface area contributed by atoms with E-state index in [-0.39, 0.29) is 21.5 Å². The first-order chi connectivity index (χ1) is 15.6. The molecule has 166 valence electrons. The second-order valence-electron chi connectivity index (χ2n) is 7.20. The summed E-state index contributed by atoms with van der Waals surface area (Å²) in [5, 5.41) is 9.46. The van der Waals surface area contributed by atoms with Crippen LogP contribution in [0.15, 0.2) is 83.9 Å². The first-order valence-electron chi connectivity index (χ1n) is 9.68. The number of aromatic nitrogens is 1. The fourth-order valence-corrected chi connectivity index (χ4v) is 4.88. The molecule has 4 aromatic rings. The lowest BCUT2D eigenvalue weighted by Gasteiger charge is -2.23. The van der Waals surface area contributed by atoms with E-state index < -0.39 is 27.3 Å². The zero-order valence-electron chi connectivity index (χ0n) is 17.2. The number of rotatable bonds is 4. The van der Waals surface area contributed by atoms with Gasteiger partial charge in [0.05, 0.1) is 27.2 Å². The summed E-state index contributed by atoms with van der Waals surface area (Å²) in [6.07, 6.45) is -3.74. The van der Waals surface area contributed by atoms with Crippen LogP contribution in [0.25, 0.3) is 22.0 Å². The van der Waals surface area contributed by atoms with Crippen molar-refractivity contribution in [2.24, 2.45) is 0 Å². The molecule has 0 radical (unpaired) electrons. The van der Waals surface area contributed by atoms with E-state index in [1.165, 1.54) is 25.2 Å². The van der Waals surface area contributed by atoms with Crippen LogP contribution in [0.3, 0.4) is 0 Å². The molecule has 1 aromatic heterocycles. The van der Waals surface area contributed by atoms with Gasteiger partial charge in [0.2, 0.25) is 0 Å². The molecule has 1 heterocycles. The smallest absolute Gasteiger partial charge is 0.267 e. The highest BCUT2D eigenvalue weighted by atomic mass is 32.2. The van der Waals surface area contributed by atoms with Crippen molar-refractivity contribution in [1.82, 2.24) is 4.98 Å². The van der Waals surface area contributed by atoms with Crippen LogP contribution in [-0.4, -0.2) is 20.4 Å². The molecular formula is C24H16F3N3O2S. The first kappa shape index (κ1) is 22.3. The summed E-state index contributed by atoms with van der Waals surface area (Å²) in [6.45, 7) is 0. The lowest BCUT2D eigenvalue weighted by molar-refractivity contribution is -0.136. The molecule has 0 bridgehead atoms. The zero-order chi connectivity index (χ0) is 23.8. The molecule has 33 heavy (non-hydrogen) atoms. The lowest BCUT2D eigenvalue weighted by atomic mass is 10.1. The van der Waals surface area contributed by atoms with Crippen molar-refractivity contribution in [2.75, 3.05) is 11.4 Å². The molecule has 0 saturated carbocycles. The van der Waals surface area contributed by atoms with Crippen LogP contribution < -0.4 is 4.31 Å². The maximum absolute atomic E-state index is 13.5. The van der Waals surface area contributed by atoms with E-state index in [1.807, 2.05) is 36.4 Å². The number of hydrogen-bond acceptors (Lipinski definition) is 4. The van der Waals surface area contributed by atoms with E-state index in [1.54, 1.807) is 12.1 Å². The van der Waals surface area contributed by atoms with Gasteiger partial charge in [-0.05, 0) is 29.3 Å². The molecule has 0 spiro atoms. The van der Waals surface area contributed by atoms with E-state index in [2.05, 4.69) is 4.98 Å². The highest BCUT2D eigenvalue weighted by Gasteiger charge is 2.35. The van der Waals surface area contributed by atoms with Gasteiger partial charge in [0.15, 0.2) is 0 Å². The predicted molar refractivity (Wildman–Crippen MR) is 119 cm³/mol. The van der Waals surface area contributed by atoms with E-state index in [4.69, 9.17) is 0 Å². The number of nitriles is 1. The van der Waals surface area contributed by atoms with Crippen molar-refractivity contribution in [3.63, 3.8) is 0 Å². The Labute approximate surface area is 188 Å². The normalized spacial score (nSPS) is 11.8. The van der Waals surface area contributed by atoms with E-state index in [0.29, 0.717) is 5.56 Å². The Morgan fingerprint density at radius 1 is 0.939 bits per heavy atom. The number of para-hydroxylation sites is 1. The van der Waals surface area contributed by atoms with Crippen molar-refractivity contribution in [3.05, 3.63) is 90.1 Å². The summed E-state index contributed by atoms with van der Waals surface area (Å²) in [5.41, 5.74) is -0.309. The molecule has 3 aromatic carbocycles. The van der Waals surface area contributed by atoms with Gasteiger partial charge >= 0.3 is 6.18 Å². The minimum atomic E-state index is -4.70. The van der Waals surface area contributed by atoms with Gasteiger partial charge < -0.3 is 0 Å². The number of pyridine rings is 1. The quantitative estimate of drug-likeness (QED) is 0.391. The van der Waals surface area contributed by atoms with Crippen LogP contribution in [0.4, 0.5) is 18.9 Å². The SMILES string of the molecule is CN(c1c(C#N)cnc2c(C(F)(F)F)cccc12)S(=O)(=O)c1cccc(-c2ccccc2)c1. The highest BCUT2D eigenvalue weighted by Crippen LogP contribution is 2.39. The minimum absolute atomic E-state index is 0.0628. The average Bonchev–Trinajstić information content (AvgIpc) is 2.82. The number of halogens is 3. The largest absolute Gasteiger partial charge is 0.418 e. The van der Waals surface area contributed by atoms with Crippen molar-refractivity contribution >= 4 is 26.6 Å². The summed E-state index contributed by atoms with van der Waals surface area (Å²) in [4.78, 5) is 3.74. The van der Waals surface area contributed by atoms with Gasteiger partial charge in [-0.1, -0.05) is 54.6 Å². The summed E-state index contributed by atoms with van der Waals surface area (Å²) >= 11 is 0. The lowest BCUT2D eigenvalue weighted by Crippen LogP contribution is -2.28. The zero-order valence-corrected chi connectivity index (χ0v) is 18.0. The first-order valence-corrected chi connectivity index (χ1v) is 11.1. The van der Waals surface area contributed by atoms with E-state index in [9.17, 15) is 26.9 Å². The molecular weight excluding hydrogens is 451 g/mol. The van der Waals surface area contributed by atoms with Gasteiger partial charge in [0, 0.05) is 18.6 Å². The van der Waals surface area contributed by atoms with Crippen LogP contribution in [0.1, 0.15) is 11.1 Å². The van der Waals surface area contributed by atoms with Crippen LogP contribution in [-0.2, 0) is 16.2 Å². The molecule has 9 heteroatoms. The van der Waals surface area contributed by atoms with Crippen LogP contribution in [0, 0.1) is 11.3 Å². The third-order valence-corrected chi connectivity index (χ3v) is 6.96. The molecule has 0 amide bonds. The van der Waals surface area contributed by atoms with Crippen LogP contribution in [0.2, 0.25) is 0 Å². The molecule has 0 aliphatic heterocycles. The second-order valence-corrected chi connectivity index (χ2v) is 9.17. The molecule has 0 aliphatic carbocycles. The molecule has 0 atom stereocenters. The number of fused-ring (bicyclic) bond motifs is 1. The Kier molecular flexibility index (Phi) is 5.56. The second kappa shape index (κ2) is 8.22. The number of nitrogens with zero attached hydrogens (tertiary/aromatic N) is 3. The maximum Gasteiger partial charge on any atom is 0.418 e. The number of benzene rings is 3. The molecule has 0 saturated heterocycles. The third-order valence-electron chi connectivity index (χ3n) is 5.21. The Morgan fingerprint density at radius 2 is 1.61 bits per heavy atom. The molecule has 0 unspecified atom stereocenters. The van der Waals surface area contributed by atoms with Crippen LogP contribution >= 0.6 is 0 Å². The van der Waals surface area contributed by atoms with Gasteiger partial charge in [-0.25, -0.2) is 8.42 Å². The number of sulfonamides is 1. The number of anilines is 1. The summed E-state index contributed by atoms with van der Waals surface area (Å²) < 4.78 is 68.3. The molecule has 0 aliphatic rings. The summed E-state index contributed by atoms with van der Waals surface area (Å²) in [5.74, 6) is 0. The third kappa shape index (κ3) is 4.01. The predicted octanol–water partition coefficient (Wildman–Crippen LogP) is 5.62. The van der Waals surface area contributed by atoms with Gasteiger partial charge in [-0.15, -0.1) is 0 Å². The minimum Gasteiger partial charge on any atom is -0.267 e. The van der Waals surface area contributed by atoms with Crippen molar-refractivity contribution in [1.29, 1.82) is 5.26 Å². The topological polar surface area (TPSA) is 74.1 Å². The van der Waals surface area contributed by atoms with Gasteiger partial charge in [0.1, 0.15) is 6.07 Å². The van der Waals surface area contributed by atoms with E-state index in [0.717, 1.165) is 28.2 Å².